The van der Waals surface area contributed by atoms with E-state index >= 15 is 0 Å². The van der Waals surface area contributed by atoms with Crippen LogP contribution in [0.25, 0.3) is 0 Å². The molecule has 0 unspecified atom stereocenters. The Morgan fingerprint density at radius 3 is 2.68 bits per heavy atom. The first-order valence-electron chi connectivity index (χ1n) is 5.74. The van der Waals surface area contributed by atoms with Crippen molar-refractivity contribution in [3.05, 3.63) is 46.3 Å². The van der Waals surface area contributed by atoms with E-state index in [0.717, 1.165) is 9.96 Å². The molecule has 0 radical (unpaired) electrons. The van der Waals surface area contributed by atoms with E-state index in [1.165, 1.54) is 23.1 Å². The number of carbonyl (C=O) groups excluding carboxylic acids is 1. The van der Waals surface area contributed by atoms with Gasteiger partial charge in [0.05, 0.1) is 9.90 Å². The molecule has 2 aromatic rings. The molecule has 96 valence electrons. The third kappa shape index (κ3) is 2.65. The molecule has 0 aliphatic rings. The van der Waals surface area contributed by atoms with Gasteiger partial charge in [-0.3, -0.25) is 4.79 Å². The molecule has 2 N–H and O–H groups in total. The van der Waals surface area contributed by atoms with Gasteiger partial charge >= 0.3 is 0 Å². The maximum atomic E-state index is 12.4. The Hall–Kier alpha value is -1.77. The van der Waals surface area contributed by atoms with Gasteiger partial charge in [-0.15, -0.1) is 23.1 Å². The van der Waals surface area contributed by atoms with Gasteiger partial charge in [-0.05, 0) is 5.75 Å². The summed E-state index contributed by atoms with van der Waals surface area (Å²) < 4.78 is 0.821. The zero-order valence-electron chi connectivity index (χ0n) is 10.3. The van der Waals surface area contributed by atoms with E-state index < -0.39 is 0 Å². The van der Waals surface area contributed by atoms with Crippen LogP contribution in [0.15, 0.2) is 34.5 Å². The number of thiophene rings is 1. The van der Waals surface area contributed by atoms with Gasteiger partial charge in [0.15, 0.2) is 0 Å². The molecule has 0 saturated heterocycles. The van der Waals surface area contributed by atoms with Crippen molar-refractivity contribution in [1.29, 1.82) is 5.26 Å². The monoisotopic (exact) mass is 288 g/mol. The maximum Gasteiger partial charge on any atom is 0.205 e. The summed E-state index contributed by atoms with van der Waals surface area (Å²) in [7, 11) is 0. The average molecular weight is 288 g/mol. The second-order valence-corrected chi connectivity index (χ2v) is 6.30. The summed E-state index contributed by atoms with van der Waals surface area (Å²) in [5.74, 6) is 0.718. The largest absolute Gasteiger partial charge is 0.396 e. The van der Waals surface area contributed by atoms with Crippen LogP contribution >= 0.6 is 23.1 Å². The van der Waals surface area contributed by atoms with Crippen molar-refractivity contribution in [2.45, 2.75) is 11.1 Å². The predicted octanol–water partition coefficient (Wildman–Crippen LogP) is 3.54. The van der Waals surface area contributed by atoms with Crippen molar-refractivity contribution < 1.29 is 4.79 Å². The van der Waals surface area contributed by atoms with Crippen LogP contribution in [-0.2, 0) is 0 Å². The van der Waals surface area contributed by atoms with Crippen LogP contribution in [0.4, 0.5) is 5.69 Å². The van der Waals surface area contributed by atoms with Gasteiger partial charge in [0, 0.05) is 5.56 Å². The van der Waals surface area contributed by atoms with Crippen molar-refractivity contribution >= 4 is 34.6 Å². The Balaban J connectivity index is 2.47. The lowest BCUT2D eigenvalue weighted by Crippen LogP contribution is -2.02. The SMILES string of the molecule is CCSc1sc(C(=O)c2ccccc2)c(N)c1C#N. The molecule has 19 heavy (non-hydrogen) atoms. The summed E-state index contributed by atoms with van der Waals surface area (Å²) in [4.78, 5) is 12.8. The first kappa shape index (κ1) is 13.7. The molecule has 0 atom stereocenters. The summed E-state index contributed by atoms with van der Waals surface area (Å²) in [5, 5.41) is 9.14. The van der Waals surface area contributed by atoms with Crippen LogP contribution in [-0.4, -0.2) is 11.5 Å². The Morgan fingerprint density at radius 1 is 1.42 bits per heavy atom. The molecule has 0 aliphatic carbocycles. The van der Waals surface area contributed by atoms with Gasteiger partial charge in [0.2, 0.25) is 5.78 Å². The van der Waals surface area contributed by atoms with Crippen molar-refractivity contribution in [2.75, 3.05) is 11.5 Å². The highest BCUT2D eigenvalue weighted by molar-refractivity contribution is 8.01. The van der Waals surface area contributed by atoms with E-state index in [4.69, 9.17) is 11.0 Å². The Morgan fingerprint density at radius 2 is 2.11 bits per heavy atom. The number of nitrogens with zero attached hydrogens (tertiary/aromatic N) is 1. The van der Waals surface area contributed by atoms with Gasteiger partial charge in [-0.1, -0.05) is 37.3 Å². The number of thioether (sulfide) groups is 1. The molecule has 0 spiro atoms. The minimum absolute atomic E-state index is 0.123. The van der Waals surface area contributed by atoms with Crippen LogP contribution < -0.4 is 5.73 Å². The molecule has 0 fully saturated rings. The number of benzene rings is 1. The van der Waals surface area contributed by atoms with Crippen LogP contribution in [0.3, 0.4) is 0 Å². The molecule has 0 aliphatic heterocycles. The van der Waals surface area contributed by atoms with Crippen molar-refractivity contribution in [2.24, 2.45) is 0 Å². The van der Waals surface area contributed by atoms with Crippen LogP contribution in [0, 0.1) is 11.3 Å². The molecule has 1 aromatic heterocycles. The third-order valence-electron chi connectivity index (χ3n) is 2.54. The molecular formula is C14H12N2OS2. The quantitative estimate of drug-likeness (QED) is 0.690. The highest BCUT2D eigenvalue weighted by Gasteiger charge is 2.21. The Bertz CT molecular complexity index is 641. The van der Waals surface area contributed by atoms with Gasteiger partial charge in [-0.25, -0.2) is 0 Å². The second-order valence-electron chi connectivity index (χ2n) is 3.75. The normalized spacial score (nSPS) is 10.1. The van der Waals surface area contributed by atoms with E-state index in [1.807, 2.05) is 25.1 Å². The summed E-state index contributed by atoms with van der Waals surface area (Å²) >= 11 is 2.84. The molecule has 1 aromatic carbocycles. The van der Waals surface area contributed by atoms with E-state index in [2.05, 4.69) is 6.07 Å². The van der Waals surface area contributed by atoms with Crippen LogP contribution in [0.5, 0.6) is 0 Å². The zero-order chi connectivity index (χ0) is 13.8. The summed E-state index contributed by atoms with van der Waals surface area (Å²) in [6, 6.07) is 11.1. The minimum Gasteiger partial charge on any atom is -0.396 e. The molecule has 2 rings (SSSR count). The molecular weight excluding hydrogens is 276 g/mol. The fourth-order valence-corrected chi connectivity index (χ4v) is 3.92. The van der Waals surface area contributed by atoms with Crippen molar-refractivity contribution in [3.63, 3.8) is 0 Å². The number of carbonyl (C=O) groups is 1. The fourth-order valence-electron chi connectivity index (χ4n) is 1.65. The maximum absolute atomic E-state index is 12.4. The molecule has 0 amide bonds. The Labute approximate surface area is 120 Å². The van der Waals surface area contributed by atoms with E-state index in [0.29, 0.717) is 21.7 Å². The first-order valence-corrected chi connectivity index (χ1v) is 7.54. The fraction of sp³-hybridized carbons (Fsp3) is 0.143. The average Bonchev–Trinajstić information content (AvgIpc) is 2.75. The van der Waals surface area contributed by atoms with Gasteiger partial charge < -0.3 is 5.73 Å². The minimum atomic E-state index is -0.123. The molecule has 5 heteroatoms. The molecule has 1 heterocycles. The van der Waals surface area contributed by atoms with Gasteiger partial charge in [0.25, 0.3) is 0 Å². The number of rotatable bonds is 4. The molecule has 3 nitrogen and oxygen atoms in total. The van der Waals surface area contributed by atoms with E-state index in [-0.39, 0.29) is 5.78 Å². The van der Waals surface area contributed by atoms with Crippen molar-refractivity contribution in [1.82, 2.24) is 0 Å². The smallest absolute Gasteiger partial charge is 0.205 e. The number of nitriles is 1. The highest BCUT2D eigenvalue weighted by atomic mass is 32.2. The van der Waals surface area contributed by atoms with Gasteiger partial charge in [-0.2, -0.15) is 5.26 Å². The number of ketones is 1. The lowest BCUT2D eigenvalue weighted by Gasteiger charge is -1.98. The standard InChI is InChI=1S/C14H12N2OS2/c1-2-18-14-10(8-15)11(16)13(19-14)12(17)9-6-4-3-5-7-9/h3-7H,2,16H2,1H3. The van der Waals surface area contributed by atoms with E-state index in [1.54, 1.807) is 12.1 Å². The molecule has 0 bridgehead atoms. The number of hydrogen-bond donors (Lipinski definition) is 1. The van der Waals surface area contributed by atoms with Crippen LogP contribution in [0.1, 0.15) is 27.7 Å². The molecule has 0 saturated carbocycles. The summed E-state index contributed by atoms with van der Waals surface area (Å²) in [6.07, 6.45) is 0. The Kier molecular flexibility index (Phi) is 4.25. The van der Waals surface area contributed by atoms with E-state index in [9.17, 15) is 4.79 Å². The summed E-state index contributed by atoms with van der Waals surface area (Å²) in [6.45, 7) is 2.00. The third-order valence-corrected chi connectivity index (χ3v) is 4.90. The lowest BCUT2D eigenvalue weighted by molar-refractivity contribution is 0.104. The highest BCUT2D eigenvalue weighted by Crippen LogP contribution is 2.38. The number of nitrogens with two attached hydrogens (primary N) is 1. The predicted molar refractivity (Wildman–Crippen MR) is 79.7 cm³/mol. The number of hydrogen-bond acceptors (Lipinski definition) is 5. The number of anilines is 1. The number of nitrogen functional groups attached to an aromatic ring is 1. The second kappa shape index (κ2) is 5.91. The first-order chi connectivity index (χ1) is 9.19. The zero-order valence-corrected chi connectivity index (χ0v) is 12.0. The van der Waals surface area contributed by atoms with Gasteiger partial charge in [0.1, 0.15) is 16.5 Å². The topological polar surface area (TPSA) is 66.9 Å². The van der Waals surface area contributed by atoms with Crippen LogP contribution in [0.2, 0.25) is 0 Å². The lowest BCUT2D eigenvalue weighted by atomic mass is 10.1. The summed E-state index contributed by atoms with van der Waals surface area (Å²) in [5.41, 5.74) is 7.26. The van der Waals surface area contributed by atoms with Crippen molar-refractivity contribution in [3.8, 4) is 6.07 Å².